The van der Waals surface area contributed by atoms with Gasteiger partial charge >= 0.3 is 5.97 Å². The maximum absolute atomic E-state index is 12.8. The van der Waals surface area contributed by atoms with Gasteiger partial charge in [0.1, 0.15) is 11.5 Å². The Bertz CT molecular complexity index is 968. The number of hydrogen-bond acceptors (Lipinski definition) is 4. The maximum atomic E-state index is 12.8. The van der Waals surface area contributed by atoms with Crippen LogP contribution in [0.3, 0.4) is 0 Å². The van der Waals surface area contributed by atoms with Crippen LogP contribution in [0.25, 0.3) is 0 Å². The predicted molar refractivity (Wildman–Crippen MR) is 191 cm³/mol. The highest BCUT2D eigenvalue weighted by Crippen LogP contribution is 2.24. The van der Waals surface area contributed by atoms with E-state index in [0.717, 1.165) is 43.6 Å². The first kappa shape index (κ1) is 38.9. The summed E-state index contributed by atoms with van der Waals surface area (Å²) in [4.78, 5) is 12.8. The number of unbranched alkanes of at least 4 members (excludes halogenated alkanes) is 16. The van der Waals surface area contributed by atoms with Gasteiger partial charge in [-0.3, -0.25) is 0 Å². The first-order valence-corrected chi connectivity index (χ1v) is 18.8. The van der Waals surface area contributed by atoms with Crippen molar-refractivity contribution in [3.63, 3.8) is 0 Å². The number of ether oxygens (including phenoxy) is 3. The molecular weight excluding hydrogens is 556 g/mol. The second-order valence-electron chi connectivity index (χ2n) is 13.0. The molecule has 2 unspecified atom stereocenters. The lowest BCUT2D eigenvalue weighted by Crippen LogP contribution is -2.16. The molecule has 45 heavy (non-hydrogen) atoms. The second kappa shape index (κ2) is 25.8. The third-order valence-electron chi connectivity index (χ3n) is 8.81. The summed E-state index contributed by atoms with van der Waals surface area (Å²) >= 11 is 0. The topological polar surface area (TPSA) is 44.8 Å². The Labute approximate surface area is 277 Å². The highest BCUT2D eigenvalue weighted by molar-refractivity contribution is 5.91. The van der Waals surface area contributed by atoms with Gasteiger partial charge in [0.25, 0.3) is 0 Å². The highest BCUT2D eigenvalue weighted by atomic mass is 16.5. The number of carbonyl (C=O) groups is 1. The summed E-state index contributed by atoms with van der Waals surface area (Å²) in [5.74, 6) is 1.01. The van der Waals surface area contributed by atoms with E-state index in [4.69, 9.17) is 14.2 Å². The van der Waals surface area contributed by atoms with Gasteiger partial charge in [-0.2, -0.15) is 0 Å². The summed E-state index contributed by atoms with van der Waals surface area (Å²) in [6, 6.07) is 15.1. The quantitative estimate of drug-likeness (QED) is 0.0538. The zero-order chi connectivity index (χ0) is 32.4. The Morgan fingerprint density at radius 1 is 0.556 bits per heavy atom. The molecular formula is C41H66O4. The van der Waals surface area contributed by atoms with Gasteiger partial charge in [0, 0.05) is 6.61 Å². The minimum Gasteiger partial charge on any atom is -0.490 e. The van der Waals surface area contributed by atoms with Crippen LogP contribution >= 0.6 is 0 Å². The van der Waals surface area contributed by atoms with Gasteiger partial charge in [-0.05, 0) is 74.6 Å². The van der Waals surface area contributed by atoms with Crippen molar-refractivity contribution < 1.29 is 19.0 Å². The van der Waals surface area contributed by atoms with Gasteiger partial charge in [-0.25, -0.2) is 4.79 Å². The molecule has 0 fully saturated rings. The minimum atomic E-state index is -0.354. The lowest BCUT2D eigenvalue weighted by atomic mass is 10.0. The zero-order valence-electron chi connectivity index (χ0n) is 29.5. The molecule has 4 heteroatoms. The fourth-order valence-corrected chi connectivity index (χ4v) is 5.87. The predicted octanol–water partition coefficient (Wildman–Crippen LogP) is 13.0. The van der Waals surface area contributed by atoms with E-state index in [9.17, 15) is 4.79 Å². The molecule has 254 valence electrons. The first-order chi connectivity index (χ1) is 22.1. The molecule has 2 rings (SSSR count). The van der Waals surface area contributed by atoms with Crippen LogP contribution in [-0.4, -0.2) is 18.7 Å². The van der Waals surface area contributed by atoms with Crippen molar-refractivity contribution in [3.8, 4) is 11.5 Å². The van der Waals surface area contributed by atoms with Crippen molar-refractivity contribution >= 4 is 5.97 Å². The molecule has 0 aliphatic carbocycles. The number of carbonyl (C=O) groups excluding carboxylic acids is 1. The van der Waals surface area contributed by atoms with E-state index in [2.05, 4.69) is 27.7 Å². The summed E-state index contributed by atoms with van der Waals surface area (Å²) < 4.78 is 18.0. The van der Waals surface area contributed by atoms with Gasteiger partial charge in [-0.1, -0.05) is 142 Å². The van der Waals surface area contributed by atoms with Crippen molar-refractivity contribution in [2.45, 2.75) is 175 Å². The lowest BCUT2D eigenvalue weighted by molar-refractivity contribution is 0.0626. The first-order valence-electron chi connectivity index (χ1n) is 18.8. The van der Waals surface area contributed by atoms with Crippen LogP contribution in [-0.2, 0) is 4.74 Å². The molecule has 0 aliphatic rings. The molecule has 0 saturated heterocycles. The summed E-state index contributed by atoms with van der Waals surface area (Å²) in [6.07, 6.45) is 27.4. The van der Waals surface area contributed by atoms with Gasteiger partial charge in [-0.15, -0.1) is 0 Å². The molecule has 4 nitrogen and oxygen atoms in total. The third kappa shape index (κ3) is 18.4. The molecule has 0 aliphatic heterocycles. The Balaban J connectivity index is 1.63. The van der Waals surface area contributed by atoms with E-state index in [-0.39, 0.29) is 18.2 Å². The zero-order valence-corrected chi connectivity index (χ0v) is 29.5. The van der Waals surface area contributed by atoms with Crippen molar-refractivity contribution in [1.82, 2.24) is 0 Å². The largest absolute Gasteiger partial charge is 0.490 e. The van der Waals surface area contributed by atoms with Crippen LogP contribution in [0.1, 0.15) is 185 Å². The summed E-state index contributed by atoms with van der Waals surface area (Å²) in [5, 5.41) is 0. The van der Waals surface area contributed by atoms with E-state index in [1.807, 2.05) is 48.5 Å². The normalized spacial score (nSPS) is 12.6. The van der Waals surface area contributed by atoms with Crippen LogP contribution in [0.5, 0.6) is 11.5 Å². The van der Waals surface area contributed by atoms with E-state index in [1.165, 1.54) is 109 Å². The number of rotatable bonds is 28. The summed E-state index contributed by atoms with van der Waals surface area (Å²) in [7, 11) is 0. The molecule has 0 radical (unpaired) electrons. The van der Waals surface area contributed by atoms with Gasteiger partial charge in [0.2, 0.25) is 0 Å². The summed E-state index contributed by atoms with van der Waals surface area (Å²) in [6.45, 7) is 9.60. The van der Waals surface area contributed by atoms with Crippen molar-refractivity contribution in [2.24, 2.45) is 0 Å². The highest BCUT2D eigenvalue weighted by Gasteiger charge is 2.13. The third-order valence-corrected chi connectivity index (χ3v) is 8.81. The molecule has 0 spiro atoms. The Morgan fingerprint density at radius 2 is 1.04 bits per heavy atom. The molecule has 0 heterocycles. The fourth-order valence-electron chi connectivity index (χ4n) is 5.87. The molecule has 2 aromatic rings. The lowest BCUT2D eigenvalue weighted by Gasteiger charge is -2.19. The Kier molecular flexibility index (Phi) is 22.3. The molecule has 0 aromatic heterocycles. The van der Waals surface area contributed by atoms with Crippen molar-refractivity contribution in [1.29, 1.82) is 0 Å². The van der Waals surface area contributed by atoms with Gasteiger partial charge in [0.05, 0.1) is 17.8 Å². The van der Waals surface area contributed by atoms with E-state index < -0.39 is 0 Å². The average Bonchev–Trinajstić information content (AvgIpc) is 3.05. The van der Waals surface area contributed by atoms with Crippen LogP contribution in [0, 0.1) is 0 Å². The molecule has 2 aromatic carbocycles. The molecule has 2 atom stereocenters. The molecule has 0 amide bonds. The molecule has 0 bridgehead atoms. The SMILES string of the molecule is CCCCCCCCCCCCCCOC(C)c1ccc(C(=O)Oc2ccc(OC(CCC)CCCCCCCC)cc2)cc1. The van der Waals surface area contributed by atoms with Crippen molar-refractivity contribution in [2.75, 3.05) is 6.61 Å². The van der Waals surface area contributed by atoms with Gasteiger partial charge in [0.15, 0.2) is 0 Å². The second-order valence-corrected chi connectivity index (χ2v) is 13.0. The fraction of sp³-hybridized carbons (Fsp3) is 0.683. The number of benzene rings is 2. The summed E-state index contributed by atoms with van der Waals surface area (Å²) in [5.41, 5.74) is 1.61. The smallest absolute Gasteiger partial charge is 0.343 e. The molecule has 0 saturated carbocycles. The Hall–Kier alpha value is -2.33. The van der Waals surface area contributed by atoms with Crippen molar-refractivity contribution in [3.05, 3.63) is 59.7 Å². The Morgan fingerprint density at radius 3 is 1.58 bits per heavy atom. The number of esters is 1. The minimum absolute atomic E-state index is 0.00733. The van der Waals surface area contributed by atoms with Crippen LogP contribution < -0.4 is 9.47 Å². The van der Waals surface area contributed by atoms with Crippen LogP contribution in [0.15, 0.2) is 48.5 Å². The van der Waals surface area contributed by atoms with E-state index in [0.29, 0.717) is 11.3 Å². The molecule has 0 N–H and O–H groups in total. The number of hydrogen-bond donors (Lipinski definition) is 0. The van der Waals surface area contributed by atoms with Gasteiger partial charge < -0.3 is 14.2 Å². The standard InChI is InChI=1S/C41H66O4/c1-5-8-10-12-14-15-16-17-18-19-21-23-34-43-35(4)36-26-28-37(29-27-36)41(42)45-40-32-30-39(31-33-40)44-38(24-7-3)25-22-20-13-11-9-6-2/h26-33,35,38H,5-25,34H2,1-4H3. The van der Waals surface area contributed by atoms with Crippen LogP contribution in [0.2, 0.25) is 0 Å². The van der Waals surface area contributed by atoms with Crippen LogP contribution in [0.4, 0.5) is 0 Å². The monoisotopic (exact) mass is 622 g/mol. The van der Waals surface area contributed by atoms with E-state index >= 15 is 0 Å². The average molecular weight is 623 g/mol. The van der Waals surface area contributed by atoms with E-state index in [1.54, 1.807) is 0 Å². The maximum Gasteiger partial charge on any atom is 0.343 e.